The number of esters is 1. The fraction of sp³-hybridized carbons (Fsp3) is 0.760. The van der Waals surface area contributed by atoms with Gasteiger partial charge in [-0.05, 0) is 36.3 Å². The highest BCUT2D eigenvalue weighted by atomic mass is 32.2. The topological polar surface area (TPSA) is 157 Å². The Labute approximate surface area is 244 Å². The molecular formula is C25H44N4O9SSi2. The Kier molecular flexibility index (Phi) is 8.96. The maximum atomic E-state index is 13.1. The first-order valence-electron chi connectivity index (χ1n) is 13.4. The van der Waals surface area contributed by atoms with E-state index in [-0.39, 0.29) is 28.1 Å². The third-order valence-corrected chi connectivity index (χ3v) is 18.5. The van der Waals surface area contributed by atoms with Gasteiger partial charge in [-0.2, -0.15) is 8.42 Å². The maximum Gasteiger partial charge on any atom is 0.360 e. The monoisotopic (exact) mass is 632 g/mol. The smallest absolute Gasteiger partial charge is 0.360 e. The molecular weight excluding hydrogens is 589 g/mol. The van der Waals surface area contributed by atoms with Crippen molar-refractivity contribution in [1.29, 1.82) is 0 Å². The molecule has 2 aliphatic heterocycles. The lowest BCUT2D eigenvalue weighted by atomic mass is 9.89. The van der Waals surface area contributed by atoms with Crippen molar-refractivity contribution in [1.82, 2.24) is 20.3 Å². The van der Waals surface area contributed by atoms with Gasteiger partial charge in [-0.1, -0.05) is 46.8 Å². The molecule has 1 spiro atoms. The Hall–Kier alpha value is -1.96. The van der Waals surface area contributed by atoms with E-state index in [1.54, 1.807) is 0 Å². The predicted octanol–water partition coefficient (Wildman–Crippen LogP) is 3.45. The number of nitrogens with one attached hydrogen (secondary N) is 1. The van der Waals surface area contributed by atoms with Crippen LogP contribution in [0.3, 0.4) is 0 Å². The third kappa shape index (κ3) is 6.52. The van der Waals surface area contributed by atoms with Crippen LogP contribution in [0.1, 0.15) is 65.2 Å². The van der Waals surface area contributed by atoms with Crippen molar-refractivity contribution in [3.63, 3.8) is 0 Å². The summed E-state index contributed by atoms with van der Waals surface area (Å²) in [6, 6.07) is 0. The molecule has 0 aliphatic carbocycles. The fourth-order valence-electron chi connectivity index (χ4n) is 4.08. The predicted molar refractivity (Wildman–Crippen MR) is 155 cm³/mol. The average Bonchev–Trinajstić information content (AvgIpc) is 3.45. The molecule has 16 heteroatoms. The number of amides is 1. The Balaban J connectivity index is 2.25. The van der Waals surface area contributed by atoms with Crippen LogP contribution in [0.15, 0.2) is 17.3 Å². The van der Waals surface area contributed by atoms with Crippen LogP contribution in [0.5, 0.6) is 0 Å². The van der Waals surface area contributed by atoms with Crippen molar-refractivity contribution in [2.45, 2.75) is 109 Å². The van der Waals surface area contributed by atoms with Gasteiger partial charge in [0.25, 0.3) is 10.1 Å². The first-order chi connectivity index (χ1) is 18.5. The second-order valence-corrected chi connectivity index (χ2v) is 24.5. The van der Waals surface area contributed by atoms with E-state index < -0.39 is 62.7 Å². The van der Waals surface area contributed by atoms with Gasteiger partial charge in [0.1, 0.15) is 12.2 Å². The average molecular weight is 633 g/mol. The number of rotatable bonds is 8. The highest BCUT2D eigenvalue weighted by molar-refractivity contribution is 7.90. The lowest BCUT2D eigenvalue weighted by Crippen LogP contribution is -2.59. The zero-order valence-corrected chi connectivity index (χ0v) is 28.8. The van der Waals surface area contributed by atoms with E-state index >= 15 is 0 Å². The Morgan fingerprint density at radius 2 is 1.68 bits per heavy atom. The lowest BCUT2D eigenvalue weighted by Gasteiger charge is -2.44. The molecule has 1 fully saturated rings. The van der Waals surface area contributed by atoms with Crippen LogP contribution >= 0.6 is 0 Å². The molecule has 0 saturated carbocycles. The maximum absolute atomic E-state index is 13.1. The van der Waals surface area contributed by atoms with E-state index in [0.717, 1.165) is 5.41 Å². The molecule has 0 bridgehead atoms. The molecule has 3 rings (SSSR count). The van der Waals surface area contributed by atoms with Crippen LogP contribution in [0.4, 0.5) is 0 Å². The molecule has 1 N–H and O–H groups in total. The minimum absolute atomic E-state index is 0.0200. The van der Waals surface area contributed by atoms with Crippen LogP contribution in [0, 0.1) is 0 Å². The first kappa shape index (κ1) is 33.5. The first-order valence-corrected chi connectivity index (χ1v) is 20.7. The van der Waals surface area contributed by atoms with Crippen LogP contribution in [-0.2, 0) is 37.4 Å². The van der Waals surface area contributed by atoms with Gasteiger partial charge in [-0.25, -0.2) is 13.7 Å². The van der Waals surface area contributed by atoms with Crippen molar-refractivity contribution in [2.24, 2.45) is 0 Å². The molecule has 4 atom stereocenters. The third-order valence-electron chi connectivity index (χ3n) is 8.51. The molecule has 0 aromatic carbocycles. The quantitative estimate of drug-likeness (QED) is 0.254. The number of carbonyl (C=O) groups is 2. The zero-order chi connectivity index (χ0) is 31.4. The van der Waals surface area contributed by atoms with E-state index in [1.165, 1.54) is 24.9 Å². The molecule has 1 amide bonds. The molecule has 0 radical (unpaired) electrons. The van der Waals surface area contributed by atoms with Crippen LogP contribution in [0.2, 0.25) is 36.3 Å². The largest absolute Gasteiger partial charge is 0.464 e. The Bertz CT molecular complexity index is 1310. The Morgan fingerprint density at radius 1 is 1.10 bits per heavy atom. The van der Waals surface area contributed by atoms with Crippen molar-refractivity contribution >= 4 is 38.6 Å². The summed E-state index contributed by atoms with van der Waals surface area (Å²) < 4.78 is 58.1. The van der Waals surface area contributed by atoms with Gasteiger partial charge in [-0.15, -0.1) is 5.10 Å². The van der Waals surface area contributed by atoms with Gasteiger partial charge in [-0.3, -0.25) is 4.79 Å². The molecule has 232 valence electrons. The summed E-state index contributed by atoms with van der Waals surface area (Å²) >= 11 is 0. The van der Waals surface area contributed by atoms with E-state index in [0.29, 0.717) is 0 Å². The number of methoxy groups -OCH3 is 1. The number of carbonyl (C=O) groups excluding carboxylic acids is 2. The SMILES string of the molecule is COC(=O)c1cn([C@@H]2O[C@H](CO[Si](C)(C)C(C)(C)C)[C@@]3(OS(=O)(=O)C=C3NC(C)=O)[C@H]2O[Si](C)(C)C(C)(C)C)nn1. The van der Waals surface area contributed by atoms with Gasteiger partial charge in [0.2, 0.25) is 5.91 Å². The van der Waals surface area contributed by atoms with Gasteiger partial charge >= 0.3 is 5.97 Å². The lowest BCUT2D eigenvalue weighted by molar-refractivity contribution is -0.119. The number of ether oxygens (including phenoxy) is 2. The summed E-state index contributed by atoms with van der Waals surface area (Å²) in [6.07, 6.45) is -1.96. The van der Waals surface area contributed by atoms with Crippen LogP contribution in [-0.4, -0.2) is 83.4 Å². The van der Waals surface area contributed by atoms with Crippen LogP contribution in [0.25, 0.3) is 0 Å². The Morgan fingerprint density at radius 3 is 2.20 bits per heavy atom. The highest BCUT2D eigenvalue weighted by Crippen LogP contribution is 2.52. The van der Waals surface area contributed by atoms with E-state index in [9.17, 15) is 18.0 Å². The number of aromatic nitrogens is 3. The van der Waals surface area contributed by atoms with Crippen molar-refractivity contribution in [3.05, 3.63) is 23.0 Å². The van der Waals surface area contributed by atoms with E-state index in [2.05, 4.69) is 49.5 Å². The molecule has 1 saturated heterocycles. The van der Waals surface area contributed by atoms with Gasteiger partial charge < -0.3 is 23.6 Å². The fourth-order valence-corrected chi connectivity index (χ4v) is 7.62. The van der Waals surface area contributed by atoms with Crippen molar-refractivity contribution < 1.29 is 40.5 Å². The second kappa shape index (κ2) is 11.0. The number of hydrogen-bond donors (Lipinski definition) is 1. The molecule has 13 nitrogen and oxygen atoms in total. The summed E-state index contributed by atoms with van der Waals surface area (Å²) in [6.45, 7) is 21.7. The summed E-state index contributed by atoms with van der Waals surface area (Å²) in [4.78, 5) is 24.5. The summed E-state index contributed by atoms with van der Waals surface area (Å²) in [5, 5.41) is 11.1. The van der Waals surface area contributed by atoms with E-state index in [1.807, 2.05) is 33.9 Å². The van der Waals surface area contributed by atoms with Gasteiger partial charge in [0.15, 0.2) is 34.2 Å². The number of nitrogens with zero attached hydrogens (tertiary/aromatic N) is 3. The normalized spacial score (nSPS) is 26.7. The van der Waals surface area contributed by atoms with Crippen LogP contribution < -0.4 is 5.32 Å². The molecule has 1 aromatic rings. The molecule has 41 heavy (non-hydrogen) atoms. The standard InChI is InChI=1S/C25H44N4O9SSi2/c1-16(30)26-18-15-39(32,33)38-25(18)19(14-35-40(9,10)23(2,3)4)36-21(20(25)37-41(11,12)24(5,6)7)29-13-17(27-28-29)22(31)34-8/h13,15,19-21H,14H2,1-12H3,(H,26,30)/t19-,20+,21-,25-/m1/s1. The summed E-state index contributed by atoms with van der Waals surface area (Å²) in [7, 11) is -8.09. The molecule has 2 aliphatic rings. The minimum Gasteiger partial charge on any atom is -0.464 e. The molecule has 1 aromatic heterocycles. The van der Waals surface area contributed by atoms with Gasteiger partial charge in [0, 0.05) is 6.92 Å². The van der Waals surface area contributed by atoms with E-state index in [4.69, 9.17) is 22.5 Å². The molecule has 3 heterocycles. The molecule has 0 unspecified atom stereocenters. The number of hydrogen-bond acceptors (Lipinski definition) is 11. The second-order valence-electron chi connectivity index (χ2n) is 13.5. The zero-order valence-electron chi connectivity index (χ0n) is 26.0. The highest BCUT2D eigenvalue weighted by Gasteiger charge is 2.68. The summed E-state index contributed by atoms with van der Waals surface area (Å²) in [5.74, 6) is -1.20. The minimum atomic E-state index is -4.27. The summed E-state index contributed by atoms with van der Waals surface area (Å²) in [5.41, 5.74) is -1.92. The van der Waals surface area contributed by atoms with Gasteiger partial charge in [0.05, 0.1) is 31.0 Å². The van der Waals surface area contributed by atoms with Crippen molar-refractivity contribution in [3.8, 4) is 0 Å². The van der Waals surface area contributed by atoms with Crippen molar-refractivity contribution in [2.75, 3.05) is 13.7 Å².